The van der Waals surface area contributed by atoms with Crippen molar-refractivity contribution in [3.63, 3.8) is 0 Å². The molecule has 0 unspecified atom stereocenters. The lowest BCUT2D eigenvalue weighted by Crippen LogP contribution is -2.02. The second-order valence-electron chi connectivity index (χ2n) is 2.69. The molecule has 0 saturated carbocycles. The fraction of sp³-hybridized carbons (Fsp3) is 0.111. The van der Waals surface area contributed by atoms with Crippen LogP contribution < -0.4 is 0 Å². The van der Waals surface area contributed by atoms with E-state index in [1.807, 2.05) is 0 Å². The van der Waals surface area contributed by atoms with Crippen molar-refractivity contribution in [2.45, 2.75) is 6.61 Å². The van der Waals surface area contributed by atoms with Crippen molar-refractivity contribution in [2.24, 2.45) is 0 Å². The lowest BCUT2D eigenvalue weighted by molar-refractivity contribution is 0.0533. The maximum atomic E-state index is 11.2. The van der Waals surface area contributed by atoms with Crippen LogP contribution in [-0.4, -0.2) is 11.2 Å². The number of fused-ring (bicyclic) bond motifs is 1. The van der Waals surface area contributed by atoms with E-state index in [4.69, 9.17) is 16.3 Å². The summed E-state index contributed by atoms with van der Waals surface area (Å²) in [5, 5.41) is -0.629. The average Bonchev–Trinajstić information content (AvgIpc) is 2.48. The molecule has 0 radical (unpaired) electrons. The van der Waals surface area contributed by atoms with Crippen molar-refractivity contribution < 1.29 is 14.3 Å². The van der Waals surface area contributed by atoms with Crippen molar-refractivity contribution in [3.05, 3.63) is 34.9 Å². The molecule has 0 spiro atoms. The Morgan fingerprint density at radius 2 is 2.23 bits per heavy atom. The van der Waals surface area contributed by atoms with Crippen LogP contribution in [0.25, 0.3) is 0 Å². The van der Waals surface area contributed by atoms with Gasteiger partial charge in [-0.25, -0.2) is 4.79 Å². The number of hydrogen-bond donors (Lipinski definition) is 0. The number of carbonyl (C=O) groups excluding carboxylic acids is 2. The van der Waals surface area contributed by atoms with Crippen molar-refractivity contribution in [3.8, 4) is 0 Å². The van der Waals surface area contributed by atoms with Gasteiger partial charge in [0.25, 0.3) is 5.24 Å². The molecule has 4 heteroatoms. The third-order valence-electron chi connectivity index (χ3n) is 1.93. The van der Waals surface area contributed by atoms with Crippen LogP contribution >= 0.6 is 11.6 Å². The molecule has 0 aliphatic carbocycles. The molecule has 0 aromatic heterocycles. The molecule has 0 fully saturated rings. The highest BCUT2D eigenvalue weighted by molar-refractivity contribution is 6.68. The van der Waals surface area contributed by atoms with Gasteiger partial charge in [0.1, 0.15) is 6.61 Å². The summed E-state index contributed by atoms with van der Waals surface area (Å²) < 4.78 is 4.76. The molecule has 66 valence electrons. The monoisotopic (exact) mass is 196 g/mol. The van der Waals surface area contributed by atoms with Gasteiger partial charge in [-0.2, -0.15) is 0 Å². The van der Waals surface area contributed by atoms with Gasteiger partial charge in [-0.1, -0.05) is 12.1 Å². The van der Waals surface area contributed by atoms with Crippen molar-refractivity contribution in [1.82, 2.24) is 0 Å². The summed E-state index contributed by atoms with van der Waals surface area (Å²) >= 11 is 5.31. The topological polar surface area (TPSA) is 43.4 Å². The van der Waals surface area contributed by atoms with Crippen LogP contribution in [0.3, 0.4) is 0 Å². The summed E-state index contributed by atoms with van der Waals surface area (Å²) in [4.78, 5) is 22.1. The summed E-state index contributed by atoms with van der Waals surface area (Å²) in [6.07, 6.45) is 0. The zero-order chi connectivity index (χ0) is 9.42. The molecule has 1 aromatic rings. The summed E-state index contributed by atoms with van der Waals surface area (Å²) in [5.41, 5.74) is 1.25. The molecule has 0 atom stereocenters. The van der Waals surface area contributed by atoms with Gasteiger partial charge < -0.3 is 4.74 Å². The number of benzene rings is 1. The molecule has 1 heterocycles. The quantitative estimate of drug-likeness (QED) is 0.508. The molecule has 3 nitrogen and oxygen atoms in total. The SMILES string of the molecule is O=C(Cl)c1cccc2c1C(=O)OC2. The van der Waals surface area contributed by atoms with Gasteiger partial charge in [-0.05, 0) is 17.7 Å². The number of rotatable bonds is 1. The first-order valence-corrected chi connectivity index (χ1v) is 4.07. The summed E-state index contributed by atoms with van der Waals surface area (Å²) in [6, 6.07) is 4.93. The van der Waals surface area contributed by atoms with Crippen LogP contribution in [0.5, 0.6) is 0 Å². The standard InChI is InChI=1S/C9H5ClO3/c10-8(11)6-3-1-2-5-4-13-9(12)7(5)6/h1-3H,4H2. The van der Waals surface area contributed by atoms with E-state index in [0.29, 0.717) is 5.56 Å². The van der Waals surface area contributed by atoms with Gasteiger partial charge in [0.05, 0.1) is 5.56 Å². The van der Waals surface area contributed by atoms with Crippen LogP contribution in [0.1, 0.15) is 26.3 Å². The lowest BCUT2D eigenvalue weighted by atomic mass is 10.0. The van der Waals surface area contributed by atoms with E-state index < -0.39 is 11.2 Å². The molecular weight excluding hydrogens is 192 g/mol. The van der Waals surface area contributed by atoms with Gasteiger partial charge in [-0.3, -0.25) is 4.79 Å². The third kappa shape index (κ3) is 1.21. The maximum Gasteiger partial charge on any atom is 0.339 e. The Hall–Kier alpha value is -1.35. The smallest absolute Gasteiger partial charge is 0.339 e. The molecule has 2 rings (SSSR count). The average molecular weight is 197 g/mol. The molecule has 1 aliphatic heterocycles. The van der Waals surface area contributed by atoms with E-state index in [1.54, 1.807) is 12.1 Å². The first kappa shape index (κ1) is 8.26. The number of halogens is 1. The summed E-state index contributed by atoms with van der Waals surface area (Å²) in [5.74, 6) is -0.473. The number of esters is 1. The Labute approximate surface area is 79.3 Å². The first-order valence-electron chi connectivity index (χ1n) is 3.69. The number of hydrogen-bond acceptors (Lipinski definition) is 3. The summed E-state index contributed by atoms with van der Waals surface area (Å²) in [6.45, 7) is 0.228. The minimum absolute atomic E-state index is 0.224. The Kier molecular flexibility index (Phi) is 1.81. The number of cyclic esters (lactones) is 1. The highest BCUT2D eigenvalue weighted by atomic mass is 35.5. The van der Waals surface area contributed by atoms with Gasteiger partial charge in [-0.15, -0.1) is 0 Å². The zero-order valence-electron chi connectivity index (χ0n) is 6.54. The van der Waals surface area contributed by atoms with Crippen molar-refractivity contribution >= 4 is 22.8 Å². The normalized spacial score (nSPS) is 13.8. The van der Waals surface area contributed by atoms with Crippen LogP contribution in [0.2, 0.25) is 0 Å². The largest absolute Gasteiger partial charge is 0.457 e. The van der Waals surface area contributed by atoms with Crippen molar-refractivity contribution in [2.75, 3.05) is 0 Å². The molecule has 1 aromatic carbocycles. The van der Waals surface area contributed by atoms with Crippen LogP contribution in [0.4, 0.5) is 0 Å². The first-order chi connectivity index (χ1) is 6.20. The number of ether oxygens (including phenoxy) is 1. The fourth-order valence-electron chi connectivity index (χ4n) is 1.34. The van der Waals surface area contributed by atoms with E-state index in [-0.39, 0.29) is 12.2 Å². The van der Waals surface area contributed by atoms with E-state index in [1.165, 1.54) is 6.07 Å². The maximum absolute atomic E-state index is 11.2. The third-order valence-corrected chi connectivity index (χ3v) is 2.13. The van der Waals surface area contributed by atoms with E-state index in [2.05, 4.69) is 0 Å². The highest BCUT2D eigenvalue weighted by Crippen LogP contribution is 2.24. The molecule has 13 heavy (non-hydrogen) atoms. The van der Waals surface area contributed by atoms with E-state index >= 15 is 0 Å². The van der Waals surface area contributed by atoms with E-state index in [9.17, 15) is 9.59 Å². The molecule has 0 saturated heterocycles. The second-order valence-corrected chi connectivity index (χ2v) is 3.03. The van der Waals surface area contributed by atoms with Gasteiger partial charge >= 0.3 is 5.97 Å². The van der Waals surface area contributed by atoms with Gasteiger partial charge in [0.15, 0.2) is 0 Å². The fourth-order valence-corrected chi connectivity index (χ4v) is 1.50. The Morgan fingerprint density at radius 3 is 2.92 bits per heavy atom. The summed E-state index contributed by atoms with van der Waals surface area (Å²) in [7, 11) is 0. The Balaban J connectivity index is 2.66. The molecule has 0 bridgehead atoms. The minimum Gasteiger partial charge on any atom is -0.457 e. The van der Waals surface area contributed by atoms with Gasteiger partial charge in [0.2, 0.25) is 0 Å². The Morgan fingerprint density at radius 1 is 1.46 bits per heavy atom. The molecule has 1 aliphatic rings. The predicted octanol–water partition coefficient (Wildman–Crippen LogP) is 1.74. The molecule has 0 N–H and O–H groups in total. The second kappa shape index (κ2) is 2.85. The molecule has 0 amide bonds. The van der Waals surface area contributed by atoms with Crippen LogP contribution in [0, 0.1) is 0 Å². The lowest BCUT2D eigenvalue weighted by Gasteiger charge is -1.98. The molecular formula is C9H5ClO3. The van der Waals surface area contributed by atoms with Crippen LogP contribution in [0.15, 0.2) is 18.2 Å². The van der Waals surface area contributed by atoms with Crippen LogP contribution in [-0.2, 0) is 11.3 Å². The highest BCUT2D eigenvalue weighted by Gasteiger charge is 2.26. The number of carbonyl (C=O) groups is 2. The predicted molar refractivity (Wildman–Crippen MR) is 45.7 cm³/mol. The van der Waals surface area contributed by atoms with Crippen molar-refractivity contribution in [1.29, 1.82) is 0 Å². The zero-order valence-corrected chi connectivity index (χ0v) is 7.30. The van der Waals surface area contributed by atoms with Gasteiger partial charge in [0, 0.05) is 11.1 Å². The Bertz CT molecular complexity index is 398. The van der Waals surface area contributed by atoms with E-state index in [0.717, 1.165) is 5.56 Å². The minimum atomic E-state index is -0.629.